The monoisotopic (exact) mass is 293 g/mol. The summed E-state index contributed by atoms with van der Waals surface area (Å²) in [6.07, 6.45) is 4.02. The lowest BCUT2D eigenvalue weighted by molar-refractivity contribution is 0.254. The van der Waals surface area contributed by atoms with Gasteiger partial charge in [0.05, 0.1) is 0 Å². The van der Waals surface area contributed by atoms with Gasteiger partial charge in [0.25, 0.3) is 10.2 Å². The maximum absolute atomic E-state index is 12.3. The van der Waals surface area contributed by atoms with Gasteiger partial charge >= 0.3 is 0 Å². The minimum Gasteiger partial charge on any atom is -0.329 e. The molecule has 0 saturated carbocycles. The molecule has 2 heterocycles. The normalized spacial score (nSPS) is 30.7. The molecular weight excluding hydrogens is 270 g/mol. The van der Waals surface area contributed by atoms with Gasteiger partial charge in [-0.3, -0.25) is 0 Å². The topological polar surface area (TPSA) is 75.4 Å². The Balaban J connectivity index is 1.91. The van der Waals surface area contributed by atoms with Crippen molar-refractivity contribution in [1.29, 1.82) is 0 Å². The van der Waals surface area contributed by atoms with Crippen LogP contribution in [0.15, 0.2) is 0 Å². The number of piperidine rings is 1. The van der Waals surface area contributed by atoms with Gasteiger partial charge in [-0.2, -0.15) is 24.5 Å². The molecule has 2 unspecified atom stereocenters. The van der Waals surface area contributed by atoms with Gasteiger partial charge in [-0.05, 0) is 36.7 Å². The molecule has 106 valence electrons. The summed E-state index contributed by atoms with van der Waals surface area (Å²) in [5.74, 6) is 2.72. The van der Waals surface area contributed by atoms with Crippen LogP contribution in [0.5, 0.6) is 0 Å². The van der Waals surface area contributed by atoms with E-state index in [1.807, 2.05) is 11.8 Å². The molecule has 7 heteroatoms. The van der Waals surface area contributed by atoms with Crippen LogP contribution in [0.2, 0.25) is 0 Å². The van der Waals surface area contributed by atoms with E-state index >= 15 is 0 Å². The summed E-state index contributed by atoms with van der Waals surface area (Å²) in [6, 6.07) is -0.0193. The fourth-order valence-corrected chi connectivity index (χ4v) is 5.43. The van der Waals surface area contributed by atoms with Crippen molar-refractivity contribution in [1.82, 2.24) is 9.03 Å². The highest BCUT2D eigenvalue weighted by Gasteiger charge is 2.31. The van der Waals surface area contributed by atoms with E-state index in [1.54, 1.807) is 4.31 Å². The Morgan fingerprint density at radius 1 is 1.33 bits per heavy atom. The second-order valence-corrected chi connectivity index (χ2v) is 7.94. The predicted molar refractivity (Wildman–Crippen MR) is 75.8 cm³/mol. The maximum Gasteiger partial charge on any atom is 0.279 e. The lowest BCUT2D eigenvalue weighted by atomic mass is 10.1. The number of thioether (sulfide) groups is 1. The zero-order valence-corrected chi connectivity index (χ0v) is 12.3. The van der Waals surface area contributed by atoms with Gasteiger partial charge in [0.2, 0.25) is 0 Å². The Morgan fingerprint density at radius 2 is 2.17 bits per heavy atom. The molecular formula is C11H23N3O2S2. The molecule has 0 aromatic carbocycles. The van der Waals surface area contributed by atoms with Crippen molar-refractivity contribution in [2.75, 3.05) is 31.1 Å². The lowest BCUT2D eigenvalue weighted by Crippen LogP contribution is -2.52. The van der Waals surface area contributed by atoms with Crippen LogP contribution in [0.4, 0.5) is 0 Å². The maximum atomic E-state index is 12.3. The zero-order valence-electron chi connectivity index (χ0n) is 10.7. The van der Waals surface area contributed by atoms with Gasteiger partial charge in [0, 0.05) is 25.7 Å². The molecule has 0 aromatic rings. The van der Waals surface area contributed by atoms with E-state index in [9.17, 15) is 8.42 Å². The third-order valence-electron chi connectivity index (χ3n) is 3.73. The van der Waals surface area contributed by atoms with Crippen LogP contribution in [0.25, 0.3) is 0 Å². The van der Waals surface area contributed by atoms with E-state index in [0.29, 0.717) is 25.6 Å². The second-order valence-electron chi connectivity index (χ2n) is 5.08. The van der Waals surface area contributed by atoms with Crippen LogP contribution in [0.3, 0.4) is 0 Å². The van der Waals surface area contributed by atoms with E-state index in [1.165, 1.54) is 0 Å². The van der Waals surface area contributed by atoms with Crippen molar-refractivity contribution < 1.29 is 8.42 Å². The van der Waals surface area contributed by atoms with Crippen molar-refractivity contribution in [2.24, 2.45) is 11.7 Å². The smallest absolute Gasteiger partial charge is 0.279 e. The van der Waals surface area contributed by atoms with Crippen LogP contribution in [-0.2, 0) is 10.2 Å². The van der Waals surface area contributed by atoms with Crippen molar-refractivity contribution in [3.05, 3.63) is 0 Å². The van der Waals surface area contributed by atoms with Gasteiger partial charge in [-0.15, -0.1) is 0 Å². The molecule has 2 aliphatic heterocycles. The Kier molecular flexibility index (Phi) is 5.32. The summed E-state index contributed by atoms with van der Waals surface area (Å²) in [5, 5.41) is 0. The van der Waals surface area contributed by atoms with Gasteiger partial charge in [-0.1, -0.05) is 6.42 Å². The quantitative estimate of drug-likeness (QED) is 0.769. The van der Waals surface area contributed by atoms with Crippen molar-refractivity contribution >= 4 is 22.0 Å². The zero-order chi connectivity index (χ0) is 13.0. The van der Waals surface area contributed by atoms with Crippen molar-refractivity contribution in [3.63, 3.8) is 0 Å². The molecule has 0 aliphatic carbocycles. The summed E-state index contributed by atoms with van der Waals surface area (Å²) >= 11 is 1.90. The third kappa shape index (κ3) is 3.60. The number of hydrogen-bond acceptors (Lipinski definition) is 4. The summed E-state index contributed by atoms with van der Waals surface area (Å²) in [7, 11) is -3.34. The van der Waals surface area contributed by atoms with Crippen LogP contribution in [0, 0.1) is 5.92 Å². The molecule has 5 nitrogen and oxygen atoms in total. The Labute approximate surface area is 114 Å². The minimum absolute atomic E-state index is 0.0193. The van der Waals surface area contributed by atoms with Crippen molar-refractivity contribution in [3.8, 4) is 0 Å². The summed E-state index contributed by atoms with van der Waals surface area (Å²) in [5.41, 5.74) is 5.67. The van der Waals surface area contributed by atoms with E-state index in [2.05, 4.69) is 4.72 Å². The first-order chi connectivity index (χ1) is 8.63. The van der Waals surface area contributed by atoms with Crippen LogP contribution in [0.1, 0.15) is 25.7 Å². The van der Waals surface area contributed by atoms with Crippen LogP contribution in [-0.4, -0.2) is 49.9 Å². The molecule has 0 bridgehead atoms. The molecule has 2 aliphatic rings. The average Bonchev–Trinajstić information content (AvgIpc) is 2.89. The second kappa shape index (κ2) is 6.56. The molecule has 0 aromatic heterocycles. The first kappa shape index (κ1) is 14.6. The SMILES string of the molecule is NCC1CCCCN1S(=O)(=O)NCC1CCSC1. The Morgan fingerprint density at radius 3 is 2.83 bits per heavy atom. The number of nitrogens with zero attached hydrogens (tertiary/aromatic N) is 1. The van der Waals surface area contributed by atoms with Gasteiger partial charge in [0.15, 0.2) is 0 Å². The highest BCUT2D eigenvalue weighted by atomic mass is 32.2. The molecule has 3 N–H and O–H groups in total. The summed E-state index contributed by atoms with van der Waals surface area (Å²) < 4.78 is 28.9. The number of nitrogens with two attached hydrogens (primary N) is 1. The van der Waals surface area contributed by atoms with Crippen LogP contribution >= 0.6 is 11.8 Å². The third-order valence-corrected chi connectivity index (χ3v) is 6.59. The predicted octanol–water partition coefficient (Wildman–Crippen LogP) is 0.387. The Bertz CT molecular complexity index is 355. The number of hydrogen-bond donors (Lipinski definition) is 2. The van der Waals surface area contributed by atoms with E-state index in [4.69, 9.17) is 5.73 Å². The molecule has 2 saturated heterocycles. The molecule has 2 fully saturated rings. The first-order valence-electron chi connectivity index (χ1n) is 6.67. The average molecular weight is 293 g/mol. The molecule has 0 radical (unpaired) electrons. The largest absolute Gasteiger partial charge is 0.329 e. The lowest BCUT2D eigenvalue weighted by Gasteiger charge is -2.34. The van der Waals surface area contributed by atoms with E-state index in [-0.39, 0.29) is 6.04 Å². The molecule has 0 spiro atoms. The summed E-state index contributed by atoms with van der Waals surface area (Å²) in [6.45, 7) is 1.60. The van der Waals surface area contributed by atoms with Crippen molar-refractivity contribution in [2.45, 2.75) is 31.7 Å². The highest BCUT2D eigenvalue weighted by molar-refractivity contribution is 7.99. The van der Waals surface area contributed by atoms with E-state index in [0.717, 1.165) is 37.2 Å². The fraction of sp³-hybridized carbons (Fsp3) is 1.00. The molecule has 2 atom stereocenters. The van der Waals surface area contributed by atoms with Gasteiger partial charge < -0.3 is 5.73 Å². The minimum atomic E-state index is -3.34. The Hall–Kier alpha value is 0.180. The van der Waals surface area contributed by atoms with E-state index < -0.39 is 10.2 Å². The fourth-order valence-electron chi connectivity index (χ4n) is 2.58. The first-order valence-corrected chi connectivity index (χ1v) is 9.27. The summed E-state index contributed by atoms with van der Waals surface area (Å²) in [4.78, 5) is 0. The highest BCUT2D eigenvalue weighted by Crippen LogP contribution is 2.23. The number of nitrogens with one attached hydrogen (secondary N) is 1. The molecule has 2 rings (SSSR count). The van der Waals surface area contributed by atoms with Crippen LogP contribution < -0.4 is 10.5 Å². The molecule has 18 heavy (non-hydrogen) atoms. The number of rotatable bonds is 5. The standard InChI is InChI=1S/C11H23N3O2S2/c12-7-11-3-1-2-5-14(11)18(15,16)13-8-10-4-6-17-9-10/h10-11,13H,1-9,12H2. The molecule has 0 amide bonds. The van der Waals surface area contributed by atoms with Gasteiger partial charge in [-0.25, -0.2) is 4.72 Å². The van der Waals surface area contributed by atoms with Gasteiger partial charge in [0.1, 0.15) is 0 Å².